The molecule has 6 rings (SSSR count). The molecule has 1 aromatic heterocycles. The molecule has 3 aromatic rings. The summed E-state index contributed by atoms with van der Waals surface area (Å²) in [6.07, 6.45) is 1.95. The first-order chi connectivity index (χ1) is 18.1. The van der Waals surface area contributed by atoms with Crippen molar-refractivity contribution in [1.82, 2.24) is 15.2 Å². The molecule has 8 nitrogen and oxygen atoms in total. The summed E-state index contributed by atoms with van der Waals surface area (Å²) in [7, 11) is 0. The SMILES string of the molecule is C[C@@H]1CN(c2ccc(C#N)c3ncccc23)C[C@H](CN2Cc3ccc(N4CCNC[C@@H]4CO)cc3C2)O1. The maximum absolute atomic E-state index is 9.82. The summed E-state index contributed by atoms with van der Waals surface area (Å²) in [6, 6.07) is 17.1. The molecule has 0 radical (unpaired) electrons. The van der Waals surface area contributed by atoms with Crippen LogP contribution in [-0.2, 0) is 17.8 Å². The lowest BCUT2D eigenvalue weighted by molar-refractivity contribution is -0.0329. The fraction of sp³-hybridized carbons (Fsp3) is 0.448. The largest absolute Gasteiger partial charge is 0.394 e. The quantitative estimate of drug-likeness (QED) is 0.555. The number of hydrogen-bond acceptors (Lipinski definition) is 8. The van der Waals surface area contributed by atoms with Crippen LogP contribution < -0.4 is 15.1 Å². The monoisotopic (exact) mass is 498 g/mol. The maximum Gasteiger partial charge on any atom is 0.101 e. The number of nitrogens with zero attached hydrogens (tertiary/aromatic N) is 5. The van der Waals surface area contributed by atoms with Gasteiger partial charge < -0.3 is 25.0 Å². The molecule has 0 amide bonds. The minimum absolute atomic E-state index is 0.0897. The van der Waals surface area contributed by atoms with E-state index in [1.54, 1.807) is 6.20 Å². The summed E-state index contributed by atoms with van der Waals surface area (Å²) in [5, 5.41) is 23.7. The molecule has 2 N–H and O–H groups in total. The summed E-state index contributed by atoms with van der Waals surface area (Å²) < 4.78 is 6.41. The Morgan fingerprint density at radius 2 is 2.05 bits per heavy atom. The van der Waals surface area contributed by atoms with E-state index in [-0.39, 0.29) is 24.9 Å². The van der Waals surface area contributed by atoms with Gasteiger partial charge in [-0.1, -0.05) is 6.07 Å². The van der Waals surface area contributed by atoms with Crippen LogP contribution >= 0.6 is 0 Å². The lowest BCUT2D eigenvalue weighted by Gasteiger charge is -2.40. The van der Waals surface area contributed by atoms with Gasteiger partial charge in [0.05, 0.1) is 35.9 Å². The van der Waals surface area contributed by atoms with Gasteiger partial charge in [0, 0.05) is 75.3 Å². The van der Waals surface area contributed by atoms with Gasteiger partial charge in [0.25, 0.3) is 0 Å². The molecule has 3 aliphatic heterocycles. The summed E-state index contributed by atoms with van der Waals surface area (Å²) in [6.45, 7) is 9.30. The molecule has 0 saturated carbocycles. The van der Waals surface area contributed by atoms with Gasteiger partial charge in [0.1, 0.15) is 6.07 Å². The Morgan fingerprint density at radius 1 is 1.16 bits per heavy atom. The highest BCUT2D eigenvalue weighted by atomic mass is 16.5. The third-order valence-electron chi connectivity index (χ3n) is 7.87. The van der Waals surface area contributed by atoms with E-state index in [0.717, 1.165) is 68.9 Å². The van der Waals surface area contributed by atoms with E-state index < -0.39 is 0 Å². The number of hydrogen-bond donors (Lipinski definition) is 2. The van der Waals surface area contributed by atoms with E-state index in [4.69, 9.17) is 4.74 Å². The number of nitriles is 1. The Labute approximate surface area is 218 Å². The van der Waals surface area contributed by atoms with E-state index in [0.29, 0.717) is 5.56 Å². The van der Waals surface area contributed by atoms with E-state index >= 15 is 0 Å². The van der Waals surface area contributed by atoms with Gasteiger partial charge in [-0.3, -0.25) is 9.88 Å². The second kappa shape index (κ2) is 10.3. The van der Waals surface area contributed by atoms with Gasteiger partial charge in [0.15, 0.2) is 0 Å². The van der Waals surface area contributed by atoms with E-state index in [1.807, 2.05) is 12.1 Å². The summed E-state index contributed by atoms with van der Waals surface area (Å²) in [4.78, 5) is 11.7. The van der Waals surface area contributed by atoms with Crippen LogP contribution in [0, 0.1) is 11.3 Å². The molecular weight excluding hydrogens is 464 g/mol. The van der Waals surface area contributed by atoms with Gasteiger partial charge in [-0.25, -0.2) is 0 Å². The zero-order valence-electron chi connectivity index (χ0n) is 21.3. The molecule has 37 heavy (non-hydrogen) atoms. The molecule has 0 bridgehead atoms. The molecule has 4 heterocycles. The molecule has 3 aliphatic rings. The number of rotatable bonds is 5. The fourth-order valence-electron chi connectivity index (χ4n) is 6.18. The molecule has 2 saturated heterocycles. The van der Waals surface area contributed by atoms with Crippen LogP contribution in [0.4, 0.5) is 11.4 Å². The number of aromatic nitrogens is 1. The van der Waals surface area contributed by atoms with Crippen LogP contribution in [0.5, 0.6) is 0 Å². The Kier molecular flexibility index (Phi) is 6.70. The van der Waals surface area contributed by atoms with Crippen LogP contribution in [0.15, 0.2) is 48.7 Å². The van der Waals surface area contributed by atoms with Crippen molar-refractivity contribution in [1.29, 1.82) is 5.26 Å². The van der Waals surface area contributed by atoms with Crippen molar-refractivity contribution in [2.75, 3.05) is 55.7 Å². The number of aliphatic hydroxyl groups is 1. The van der Waals surface area contributed by atoms with Gasteiger partial charge in [0.2, 0.25) is 0 Å². The number of morpholine rings is 1. The third-order valence-corrected chi connectivity index (χ3v) is 7.87. The molecule has 192 valence electrons. The average molecular weight is 499 g/mol. The van der Waals surface area contributed by atoms with Crippen molar-refractivity contribution in [2.24, 2.45) is 0 Å². The summed E-state index contributed by atoms with van der Waals surface area (Å²) in [5.74, 6) is 0. The topological polar surface area (TPSA) is 87.9 Å². The molecule has 0 unspecified atom stereocenters. The lowest BCUT2D eigenvalue weighted by atomic mass is 10.1. The highest BCUT2D eigenvalue weighted by Crippen LogP contribution is 2.32. The molecule has 0 spiro atoms. The number of pyridine rings is 1. The minimum atomic E-state index is 0.0897. The standard InChI is InChI=1S/C29H34N6O2/c1-20-14-34(28-7-5-21(12-30)29-27(28)3-2-8-32-29)18-26(37-20)17-33-15-22-4-6-24(11-23(22)16-33)35-10-9-31-13-25(35)19-36/h2-8,11,20,25-26,31,36H,9-10,13-19H2,1H3/t20-,25-,26+/m1/s1. The highest BCUT2D eigenvalue weighted by Gasteiger charge is 2.31. The van der Waals surface area contributed by atoms with Crippen LogP contribution in [0.25, 0.3) is 10.9 Å². The van der Waals surface area contributed by atoms with Crippen LogP contribution in [0.1, 0.15) is 23.6 Å². The van der Waals surface area contributed by atoms with Gasteiger partial charge in [-0.05, 0) is 54.4 Å². The first-order valence-corrected chi connectivity index (χ1v) is 13.2. The predicted octanol–water partition coefficient (Wildman–Crippen LogP) is 2.49. The van der Waals surface area contributed by atoms with Gasteiger partial charge in [-0.2, -0.15) is 5.26 Å². The molecular formula is C29H34N6O2. The predicted molar refractivity (Wildman–Crippen MR) is 145 cm³/mol. The van der Waals surface area contributed by atoms with Crippen molar-refractivity contribution in [3.8, 4) is 6.07 Å². The lowest BCUT2D eigenvalue weighted by Crippen LogP contribution is -2.53. The Hall–Kier alpha value is -3.22. The number of fused-ring (bicyclic) bond motifs is 2. The van der Waals surface area contributed by atoms with Gasteiger partial charge >= 0.3 is 0 Å². The second-order valence-electron chi connectivity index (χ2n) is 10.5. The maximum atomic E-state index is 9.82. The van der Waals surface area contributed by atoms with Crippen molar-refractivity contribution in [2.45, 2.75) is 38.3 Å². The Morgan fingerprint density at radius 3 is 2.92 bits per heavy atom. The van der Waals surface area contributed by atoms with Crippen LogP contribution in [-0.4, -0.2) is 79.1 Å². The molecule has 2 aromatic carbocycles. The van der Waals surface area contributed by atoms with Crippen molar-refractivity contribution < 1.29 is 9.84 Å². The molecule has 3 atom stereocenters. The smallest absolute Gasteiger partial charge is 0.101 e. The normalized spacial score (nSPS) is 24.3. The number of nitrogens with one attached hydrogen (secondary N) is 1. The zero-order valence-corrected chi connectivity index (χ0v) is 21.3. The molecule has 2 fully saturated rings. The number of aliphatic hydroxyl groups excluding tert-OH is 1. The third kappa shape index (κ3) is 4.76. The minimum Gasteiger partial charge on any atom is -0.394 e. The number of piperazine rings is 1. The zero-order chi connectivity index (χ0) is 25.4. The highest BCUT2D eigenvalue weighted by molar-refractivity contribution is 5.95. The van der Waals surface area contributed by atoms with Crippen LogP contribution in [0.2, 0.25) is 0 Å². The summed E-state index contributed by atoms with van der Waals surface area (Å²) in [5.41, 5.74) is 6.44. The van der Waals surface area contributed by atoms with Crippen LogP contribution in [0.3, 0.4) is 0 Å². The molecule has 8 heteroatoms. The number of anilines is 2. The molecule has 0 aliphatic carbocycles. The van der Waals surface area contributed by atoms with Crippen molar-refractivity contribution in [3.05, 3.63) is 65.4 Å². The number of ether oxygens (including phenoxy) is 1. The summed E-state index contributed by atoms with van der Waals surface area (Å²) >= 11 is 0. The first-order valence-electron chi connectivity index (χ1n) is 13.2. The van der Waals surface area contributed by atoms with Crippen molar-refractivity contribution in [3.63, 3.8) is 0 Å². The van der Waals surface area contributed by atoms with E-state index in [9.17, 15) is 10.4 Å². The average Bonchev–Trinajstić information content (AvgIpc) is 3.33. The first kappa shape index (κ1) is 24.1. The van der Waals surface area contributed by atoms with Gasteiger partial charge in [-0.15, -0.1) is 0 Å². The van der Waals surface area contributed by atoms with E-state index in [1.165, 1.54) is 16.8 Å². The Bertz CT molecular complexity index is 1320. The number of benzene rings is 2. The fourth-order valence-corrected chi connectivity index (χ4v) is 6.18. The second-order valence-corrected chi connectivity index (χ2v) is 10.5. The van der Waals surface area contributed by atoms with Crippen molar-refractivity contribution >= 4 is 22.3 Å². The Balaban J connectivity index is 1.16. The van der Waals surface area contributed by atoms with E-state index in [2.05, 4.69) is 68.3 Å².